The molecule has 0 saturated carbocycles. The first kappa shape index (κ1) is 16.9. The second kappa shape index (κ2) is 6.63. The first-order chi connectivity index (χ1) is 12.6. The number of likely N-dealkylation sites (tertiary alicyclic amines) is 2. The number of para-hydroxylation sites is 2. The number of imidazole rings is 1. The Balaban J connectivity index is 1.47. The lowest BCUT2D eigenvalue weighted by Gasteiger charge is -2.35. The summed E-state index contributed by atoms with van der Waals surface area (Å²) >= 11 is 0. The molecule has 1 aromatic carbocycles. The molecule has 4 rings (SSSR count). The number of hydrogen-bond acceptors (Lipinski definition) is 3. The van der Waals surface area contributed by atoms with Crippen molar-refractivity contribution in [3.8, 4) is 0 Å². The van der Waals surface area contributed by atoms with E-state index in [2.05, 4.69) is 4.98 Å². The number of nitrogens with zero attached hydrogens (tertiary/aromatic N) is 3. The van der Waals surface area contributed by atoms with Crippen molar-refractivity contribution in [3.05, 3.63) is 34.7 Å². The van der Waals surface area contributed by atoms with Crippen LogP contribution in [-0.2, 0) is 9.59 Å². The number of rotatable bonds is 2. The van der Waals surface area contributed by atoms with Crippen molar-refractivity contribution in [1.29, 1.82) is 0 Å². The number of aromatic nitrogens is 2. The van der Waals surface area contributed by atoms with Crippen LogP contribution in [0.1, 0.15) is 38.6 Å². The van der Waals surface area contributed by atoms with E-state index in [4.69, 9.17) is 0 Å². The Labute approximate surface area is 151 Å². The van der Waals surface area contributed by atoms with Gasteiger partial charge >= 0.3 is 5.69 Å². The van der Waals surface area contributed by atoms with Crippen LogP contribution in [0.25, 0.3) is 11.0 Å². The van der Waals surface area contributed by atoms with Crippen molar-refractivity contribution in [2.24, 2.45) is 0 Å². The van der Waals surface area contributed by atoms with Gasteiger partial charge in [0.15, 0.2) is 0 Å². The van der Waals surface area contributed by atoms with Crippen LogP contribution < -0.4 is 5.69 Å². The molecule has 2 aliphatic heterocycles. The van der Waals surface area contributed by atoms with Crippen LogP contribution >= 0.6 is 0 Å². The summed E-state index contributed by atoms with van der Waals surface area (Å²) in [6, 6.07) is 7.49. The third kappa shape index (κ3) is 2.81. The van der Waals surface area contributed by atoms with E-state index in [9.17, 15) is 14.4 Å². The molecule has 0 aliphatic carbocycles. The van der Waals surface area contributed by atoms with E-state index in [1.807, 2.05) is 33.7 Å². The average Bonchev–Trinajstić information content (AvgIpc) is 3.25. The van der Waals surface area contributed by atoms with Crippen molar-refractivity contribution >= 4 is 22.8 Å². The number of aromatic amines is 1. The van der Waals surface area contributed by atoms with Gasteiger partial charge in [0.25, 0.3) is 0 Å². The summed E-state index contributed by atoms with van der Waals surface area (Å²) in [6.45, 7) is 3.45. The van der Waals surface area contributed by atoms with Gasteiger partial charge in [-0.2, -0.15) is 0 Å². The fraction of sp³-hybridized carbons (Fsp3) is 0.526. The summed E-state index contributed by atoms with van der Waals surface area (Å²) in [4.78, 5) is 43.4. The van der Waals surface area contributed by atoms with Crippen LogP contribution in [0.3, 0.4) is 0 Å². The van der Waals surface area contributed by atoms with E-state index in [0.717, 1.165) is 36.7 Å². The topological polar surface area (TPSA) is 78.4 Å². The van der Waals surface area contributed by atoms with Crippen LogP contribution in [0.5, 0.6) is 0 Å². The first-order valence-electron chi connectivity index (χ1n) is 9.31. The predicted octanol–water partition coefficient (Wildman–Crippen LogP) is 1.50. The number of carbonyl (C=O) groups excluding carboxylic acids is 2. The summed E-state index contributed by atoms with van der Waals surface area (Å²) < 4.78 is 1.83. The third-order valence-corrected chi connectivity index (χ3v) is 5.71. The van der Waals surface area contributed by atoms with Crippen LogP contribution in [0.4, 0.5) is 0 Å². The first-order valence-corrected chi connectivity index (χ1v) is 9.31. The molecule has 2 aromatic rings. The number of benzene rings is 1. The minimum atomic E-state index is -0.306. The van der Waals surface area contributed by atoms with Gasteiger partial charge in [-0.25, -0.2) is 4.79 Å². The minimum absolute atomic E-state index is 0.0268. The summed E-state index contributed by atoms with van der Waals surface area (Å²) in [5.41, 5.74) is 1.68. The molecule has 2 fully saturated rings. The Hall–Kier alpha value is -2.57. The fourth-order valence-corrected chi connectivity index (χ4v) is 4.39. The molecule has 138 valence electrons. The van der Waals surface area contributed by atoms with Gasteiger partial charge in [-0.1, -0.05) is 12.1 Å². The van der Waals surface area contributed by atoms with Gasteiger partial charge in [0.1, 0.15) is 6.04 Å². The lowest BCUT2D eigenvalue weighted by molar-refractivity contribution is -0.143. The largest absolute Gasteiger partial charge is 0.341 e. The fourth-order valence-electron chi connectivity index (χ4n) is 4.39. The Morgan fingerprint density at radius 3 is 2.54 bits per heavy atom. The second-order valence-corrected chi connectivity index (χ2v) is 7.24. The number of amides is 2. The number of piperidine rings is 1. The lowest BCUT2D eigenvalue weighted by atomic mass is 10.0. The summed E-state index contributed by atoms with van der Waals surface area (Å²) in [5, 5.41) is 0. The molecule has 1 atom stereocenters. The zero-order valence-corrected chi connectivity index (χ0v) is 15.0. The van der Waals surface area contributed by atoms with E-state index in [-0.39, 0.29) is 29.6 Å². The maximum Gasteiger partial charge on any atom is 0.326 e. The molecule has 1 aromatic heterocycles. The highest BCUT2D eigenvalue weighted by Crippen LogP contribution is 2.27. The summed E-state index contributed by atoms with van der Waals surface area (Å²) in [7, 11) is 0. The van der Waals surface area contributed by atoms with E-state index >= 15 is 0 Å². The Morgan fingerprint density at radius 2 is 1.81 bits per heavy atom. The maximum absolute atomic E-state index is 12.8. The van der Waals surface area contributed by atoms with Crippen molar-refractivity contribution in [2.75, 3.05) is 19.6 Å². The number of nitrogens with one attached hydrogen (secondary N) is 1. The number of fused-ring (bicyclic) bond motifs is 1. The molecular weight excluding hydrogens is 332 g/mol. The minimum Gasteiger partial charge on any atom is -0.341 e. The highest BCUT2D eigenvalue weighted by molar-refractivity contribution is 5.87. The van der Waals surface area contributed by atoms with Gasteiger partial charge in [-0.3, -0.25) is 14.2 Å². The predicted molar refractivity (Wildman–Crippen MR) is 97.8 cm³/mol. The van der Waals surface area contributed by atoms with E-state index in [1.165, 1.54) is 6.92 Å². The second-order valence-electron chi connectivity index (χ2n) is 7.24. The third-order valence-electron chi connectivity index (χ3n) is 5.71. The molecule has 3 heterocycles. The number of H-pyrrole nitrogens is 1. The number of hydrogen-bond donors (Lipinski definition) is 1. The normalized spacial score (nSPS) is 21.5. The zero-order chi connectivity index (χ0) is 18.3. The molecule has 0 radical (unpaired) electrons. The number of carbonyl (C=O) groups is 2. The Kier molecular flexibility index (Phi) is 4.30. The zero-order valence-electron chi connectivity index (χ0n) is 15.0. The molecule has 1 unspecified atom stereocenters. The van der Waals surface area contributed by atoms with Crippen LogP contribution in [0, 0.1) is 0 Å². The molecule has 2 saturated heterocycles. The van der Waals surface area contributed by atoms with Gasteiger partial charge in [-0.15, -0.1) is 0 Å². The molecule has 0 spiro atoms. The molecule has 1 N–H and O–H groups in total. The lowest BCUT2D eigenvalue weighted by Crippen LogP contribution is -2.50. The van der Waals surface area contributed by atoms with Crippen LogP contribution in [-0.4, -0.2) is 56.8 Å². The Bertz CT molecular complexity index is 892. The standard InChI is InChI=1S/C19H24N4O3/c1-13(24)22-10-4-7-17(22)18(25)21-11-8-14(9-12-21)23-16-6-3-2-5-15(16)20-19(23)26/h2-3,5-6,14,17H,4,7-12H2,1H3,(H,20,26). The monoisotopic (exact) mass is 356 g/mol. The summed E-state index contributed by atoms with van der Waals surface area (Å²) in [5.74, 6) is 0.0310. The highest BCUT2D eigenvalue weighted by atomic mass is 16.2. The highest BCUT2D eigenvalue weighted by Gasteiger charge is 2.36. The van der Waals surface area contributed by atoms with E-state index < -0.39 is 0 Å². The van der Waals surface area contributed by atoms with Gasteiger partial charge in [-0.05, 0) is 37.8 Å². The maximum atomic E-state index is 12.8. The molecule has 0 bridgehead atoms. The van der Waals surface area contributed by atoms with Crippen LogP contribution in [0.2, 0.25) is 0 Å². The smallest absolute Gasteiger partial charge is 0.326 e. The van der Waals surface area contributed by atoms with Gasteiger partial charge in [0, 0.05) is 32.6 Å². The van der Waals surface area contributed by atoms with E-state index in [1.54, 1.807) is 4.90 Å². The molecular formula is C19H24N4O3. The summed E-state index contributed by atoms with van der Waals surface area (Å²) in [6.07, 6.45) is 3.14. The molecule has 7 nitrogen and oxygen atoms in total. The van der Waals surface area contributed by atoms with Crippen molar-refractivity contribution < 1.29 is 9.59 Å². The molecule has 2 amide bonds. The molecule has 7 heteroatoms. The van der Waals surface area contributed by atoms with Crippen molar-refractivity contribution in [1.82, 2.24) is 19.4 Å². The molecule has 26 heavy (non-hydrogen) atoms. The average molecular weight is 356 g/mol. The SMILES string of the molecule is CC(=O)N1CCCC1C(=O)N1CCC(n2c(=O)[nH]c3ccccc32)CC1. The van der Waals surface area contributed by atoms with E-state index in [0.29, 0.717) is 19.6 Å². The van der Waals surface area contributed by atoms with Crippen molar-refractivity contribution in [2.45, 2.75) is 44.7 Å². The Morgan fingerprint density at radius 1 is 1.08 bits per heavy atom. The van der Waals surface area contributed by atoms with Gasteiger partial charge in [0.2, 0.25) is 11.8 Å². The quantitative estimate of drug-likeness (QED) is 0.886. The van der Waals surface area contributed by atoms with Gasteiger partial charge < -0.3 is 14.8 Å². The molecule has 2 aliphatic rings. The van der Waals surface area contributed by atoms with Gasteiger partial charge in [0.05, 0.1) is 11.0 Å². The van der Waals surface area contributed by atoms with Crippen molar-refractivity contribution in [3.63, 3.8) is 0 Å². The van der Waals surface area contributed by atoms with Crippen LogP contribution in [0.15, 0.2) is 29.1 Å².